The Labute approximate surface area is 131 Å². The molecule has 0 aromatic carbocycles. The van der Waals surface area contributed by atoms with Crippen LogP contribution >= 0.6 is 0 Å². The van der Waals surface area contributed by atoms with Crippen molar-refractivity contribution in [1.29, 1.82) is 0 Å². The number of nitrogens with one attached hydrogen (secondary N) is 1. The number of ether oxygens (including phenoxy) is 1. The van der Waals surface area contributed by atoms with Gasteiger partial charge in [-0.1, -0.05) is 41.5 Å². The Morgan fingerprint density at radius 2 is 1.71 bits per heavy atom. The summed E-state index contributed by atoms with van der Waals surface area (Å²) < 4.78 is 32.9. The molecule has 0 unspecified atom stereocenters. The molecule has 0 aliphatic heterocycles. The highest BCUT2D eigenvalue weighted by atomic mass is 32.2. The third kappa shape index (κ3) is 8.17. The molecule has 1 aliphatic rings. The van der Waals surface area contributed by atoms with Gasteiger partial charge in [-0.05, 0) is 36.0 Å². The van der Waals surface area contributed by atoms with E-state index in [0.29, 0.717) is 25.6 Å². The van der Waals surface area contributed by atoms with Gasteiger partial charge in [0.1, 0.15) is 0 Å². The van der Waals surface area contributed by atoms with E-state index in [1.807, 2.05) is 0 Å². The van der Waals surface area contributed by atoms with Crippen LogP contribution in [0.4, 0.5) is 0 Å². The van der Waals surface area contributed by atoms with Crippen LogP contribution in [0.3, 0.4) is 0 Å². The molecule has 0 aromatic heterocycles. The number of hydrogen-bond acceptors (Lipinski definition) is 3. The van der Waals surface area contributed by atoms with Crippen molar-refractivity contribution < 1.29 is 13.2 Å². The summed E-state index contributed by atoms with van der Waals surface area (Å²) in [6.45, 7) is 13.8. The average molecular weight is 320 g/mol. The van der Waals surface area contributed by atoms with Crippen LogP contribution in [0.5, 0.6) is 0 Å². The Morgan fingerprint density at radius 1 is 1.14 bits per heavy atom. The van der Waals surface area contributed by atoms with E-state index in [9.17, 15) is 8.42 Å². The van der Waals surface area contributed by atoms with Crippen molar-refractivity contribution >= 4 is 10.0 Å². The maximum atomic E-state index is 12.2. The fourth-order valence-electron chi connectivity index (χ4n) is 2.39. The molecule has 0 saturated heterocycles. The second kappa shape index (κ2) is 6.97. The van der Waals surface area contributed by atoms with Crippen LogP contribution in [0.15, 0.2) is 0 Å². The molecule has 21 heavy (non-hydrogen) atoms. The number of rotatable bonds is 8. The highest BCUT2D eigenvalue weighted by Gasteiger charge is 2.40. The fourth-order valence-corrected chi connectivity index (χ4v) is 3.94. The average Bonchev–Trinajstić information content (AvgIpc) is 3.06. The van der Waals surface area contributed by atoms with Crippen molar-refractivity contribution in [1.82, 2.24) is 4.72 Å². The Kier molecular flexibility index (Phi) is 6.28. The summed E-state index contributed by atoms with van der Waals surface area (Å²) in [7, 11) is -3.21. The van der Waals surface area contributed by atoms with Crippen LogP contribution in [0.25, 0.3) is 0 Å². The van der Waals surface area contributed by atoms with E-state index in [-0.39, 0.29) is 22.6 Å². The summed E-state index contributed by atoms with van der Waals surface area (Å²) in [6.07, 6.45) is 2.82. The lowest BCUT2D eigenvalue weighted by molar-refractivity contribution is 0.0720. The molecule has 0 heterocycles. The maximum Gasteiger partial charge on any atom is 0.211 e. The van der Waals surface area contributed by atoms with Gasteiger partial charge in [0.15, 0.2) is 0 Å². The van der Waals surface area contributed by atoms with Gasteiger partial charge in [0.25, 0.3) is 0 Å². The van der Waals surface area contributed by atoms with Crippen LogP contribution in [0, 0.1) is 16.7 Å². The SMILES string of the molecule is CC(C)(C)COCCCS(=O)(=O)N[C@H](C1CC1)C(C)(C)C. The van der Waals surface area contributed by atoms with Gasteiger partial charge >= 0.3 is 0 Å². The van der Waals surface area contributed by atoms with Gasteiger partial charge in [-0.25, -0.2) is 13.1 Å². The highest BCUT2D eigenvalue weighted by molar-refractivity contribution is 7.89. The zero-order valence-electron chi connectivity index (χ0n) is 14.5. The van der Waals surface area contributed by atoms with Crippen LogP contribution in [0.2, 0.25) is 0 Å². The zero-order valence-corrected chi connectivity index (χ0v) is 15.3. The molecule has 5 heteroatoms. The van der Waals surface area contributed by atoms with Crippen molar-refractivity contribution in [2.24, 2.45) is 16.7 Å². The van der Waals surface area contributed by atoms with Gasteiger partial charge in [0.05, 0.1) is 12.4 Å². The van der Waals surface area contributed by atoms with Crippen LogP contribution in [-0.2, 0) is 14.8 Å². The molecular weight excluding hydrogens is 286 g/mol. The van der Waals surface area contributed by atoms with Crippen molar-refractivity contribution in [2.75, 3.05) is 19.0 Å². The first-order valence-electron chi connectivity index (χ1n) is 7.98. The first-order valence-corrected chi connectivity index (χ1v) is 9.64. The van der Waals surface area contributed by atoms with Crippen LogP contribution < -0.4 is 4.72 Å². The van der Waals surface area contributed by atoms with E-state index in [0.717, 1.165) is 12.8 Å². The Bertz CT molecular complexity index is 414. The lowest BCUT2D eigenvalue weighted by atomic mass is 9.84. The fraction of sp³-hybridized carbons (Fsp3) is 1.00. The minimum atomic E-state index is -3.21. The molecule has 1 saturated carbocycles. The Hall–Kier alpha value is -0.130. The monoisotopic (exact) mass is 319 g/mol. The van der Waals surface area contributed by atoms with E-state index in [4.69, 9.17) is 4.74 Å². The van der Waals surface area contributed by atoms with Gasteiger partial charge < -0.3 is 4.74 Å². The van der Waals surface area contributed by atoms with Gasteiger partial charge in [0.2, 0.25) is 10.0 Å². The quantitative estimate of drug-likeness (QED) is 0.699. The maximum absolute atomic E-state index is 12.2. The van der Waals surface area contributed by atoms with E-state index in [2.05, 4.69) is 46.3 Å². The van der Waals surface area contributed by atoms with Crippen molar-refractivity contribution in [3.63, 3.8) is 0 Å². The summed E-state index contributed by atoms with van der Waals surface area (Å²) in [5.41, 5.74) is 0.0946. The number of hydrogen-bond donors (Lipinski definition) is 1. The summed E-state index contributed by atoms with van der Waals surface area (Å²) in [6, 6.07) is 0.0537. The molecule has 1 fully saturated rings. The first kappa shape index (κ1) is 18.9. The van der Waals surface area contributed by atoms with Gasteiger partial charge in [-0.15, -0.1) is 0 Å². The van der Waals surface area contributed by atoms with E-state index in [1.165, 1.54) is 0 Å². The zero-order chi connectivity index (χ0) is 16.3. The summed E-state index contributed by atoms with van der Waals surface area (Å²) in [5.74, 6) is 0.660. The lowest BCUT2D eigenvalue weighted by Crippen LogP contribution is -2.46. The standard InChI is InChI=1S/C16H33NO3S/c1-15(2,3)12-20-10-7-11-21(18,19)17-14(13-8-9-13)16(4,5)6/h13-14,17H,7-12H2,1-6H3/t14-/m1/s1. The van der Waals surface area contributed by atoms with E-state index < -0.39 is 10.0 Å². The molecule has 1 atom stereocenters. The van der Waals surface area contributed by atoms with Crippen molar-refractivity contribution in [3.05, 3.63) is 0 Å². The largest absolute Gasteiger partial charge is 0.381 e. The van der Waals surface area contributed by atoms with Gasteiger partial charge in [-0.3, -0.25) is 0 Å². The topological polar surface area (TPSA) is 55.4 Å². The van der Waals surface area contributed by atoms with Crippen molar-refractivity contribution in [2.45, 2.75) is 66.8 Å². The molecule has 1 N–H and O–H groups in total. The lowest BCUT2D eigenvalue weighted by Gasteiger charge is -2.31. The molecule has 0 aromatic rings. The molecular formula is C16H33NO3S. The predicted octanol–water partition coefficient (Wildman–Crippen LogP) is 3.18. The molecule has 0 radical (unpaired) electrons. The molecule has 126 valence electrons. The van der Waals surface area contributed by atoms with Crippen LogP contribution in [0.1, 0.15) is 60.8 Å². The number of sulfonamides is 1. The second-order valence-corrected chi connectivity index (χ2v) is 10.5. The molecule has 1 aliphatic carbocycles. The molecule has 1 rings (SSSR count). The van der Waals surface area contributed by atoms with Crippen LogP contribution in [-0.4, -0.2) is 33.4 Å². The second-order valence-electron chi connectivity index (χ2n) is 8.58. The summed E-state index contributed by atoms with van der Waals surface area (Å²) >= 11 is 0. The molecule has 0 bridgehead atoms. The minimum Gasteiger partial charge on any atom is -0.381 e. The molecule has 4 nitrogen and oxygen atoms in total. The Morgan fingerprint density at radius 3 is 2.14 bits per heavy atom. The summed E-state index contributed by atoms with van der Waals surface area (Å²) in [4.78, 5) is 0. The third-order valence-electron chi connectivity index (χ3n) is 3.57. The minimum absolute atomic E-state index is 0.0308. The third-order valence-corrected chi connectivity index (χ3v) is 5.01. The van der Waals surface area contributed by atoms with Gasteiger partial charge in [-0.2, -0.15) is 0 Å². The smallest absolute Gasteiger partial charge is 0.211 e. The Balaban J connectivity index is 2.36. The molecule has 0 spiro atoms. The normalized spacial score (nSPS) is 18.8. The van der Waals surface area contributed by atoms with E-state index >= 15 is 0 Å². The van der Waals surface area contributed by atoms with Crippen molar-refractivity contribution in [3.8, 4) is 0 Å². The predicted molar refractivity (Wildman–Crippen MR) is 87.8 cm³/mol. The first-order chi connectivity index (χ1) is 9.41. The van der Waals surface area contributed by atoms with Gasteiger partial charge in [0, 0.05) is 12.6 Å². The molecule has 0 amide bonds. The van der Waals surface area contributed by atoms with E-state index in [1.54, 1.807) is 0 Å². The highest BCUT2D eigenvalue weighted by Crippen LogP contribution is 2.40. The summed E-state index contributed by atoms with van der Waals surface area (Å²) in [5, 5.41) is 0.